The standard InChI is InChI=1S/C61H100N12O12/c1-42(2)20-34-84-54-41-55(85-35-21-43(3)4)49(61(79)71-69-59(77)47-37-45(57(75)67-27-29-73(7)8)51(81-31-17-10-13-23-63)40-53(47)83-33-19-15-25-65)38-48(54)60(78)70-68-58(76)46-36-44(56(74)66-26-28-72(5)6)50(80-30-16-9-12-22-62)39-52(46)82-32-18-11-14-24-64/h36-43H,9-35,62-65H2,1-8H3,(H,66,74)(H,67,75)(H,68,76)(H,69,77)(H,70,78)(H,71,79). The molecular formula is C61H100N12O12. The molecule has 0 aliphatic carbocycles. The van der Waals surface area contributed by atoms with Crippen LogP contribution in [0.4, 0.5) is 0 Å². The summed E-state index contributed by atoms with van der Waals surface area (Å²) in [5, 5.41) is 5.78. The van der Waals surface area contributed by atoms with E-state index in [0.29, 0.717) is 97.3 Å². The lowest BCUT2D eigenvalue weighted by Crippen LogP contribution is -2.43. The molecule has 0 heterocycles. The topological polar surface area (TPSA) is 341 Å². The molecule has 0 bridgehead atoms. The minimum absolute atomic E-state index is 0.0347. The highest BCUT2D eigenvalue weighted by Crippen LogP contribution is 2.34. The summed E-state index contributed by atoms with van der Waals surface area (Å²) in [6.45, 7) is 13.0. The van der Waals surface area contributed by atoms with Crippen LogP contribution in [0.15, 0.2) is 36.4 Å². The number of hydrogen-bond donors (Lipinski definition) is 10. The van der Waals surface area contributed by atoms with E-state index < -0.39 is 35.4 Å². The number of nitrogens with zero attached hydrogens (tertiary/aromatic N) is 2. The average Bonchev–Trinajstić information content (AvgIpc) is 3.42. The fraction of sp³-hybridized carbons (Fsp3) is 0.607. The van der Waals surface area contributed by atoms with Crippen LogP contribution in [0, 0.1) is 11.8 Å². The molecule has 476 valence electrons. The third-order valence-electron chi connectivity index (χ3n) is 13.1. The van der Waals surface area contributed by atoms with Crippen molar-refractivity contribution in [1.29, 1.82) is 0 Å². The van der Waals surface area contributed by atoms with Gasteiger partial charge in [-0.25, -0.2) is 0 Å². The zero-order chi connectivity index (χ0) is 62.5. The van der Waals surface area contributed by atoms with Gasteiger partial charge in [0.05, 0.1) is 73.0 Å². The first kappa shape index (κ1) is 72.3. The normalized spacial score (nSPS) is 11.2. The Hall–Kier alpha value is -6.96. The van der Waals surface area contributed by atoms with E-state index in [2.05, 4.69) is 32.3 Å². The predicted octanol–water partition coefficient (Wildman–Crippen LogP) is 4.91. The number of benzene rings is 3. The maximum atomic E-state index is 14.5. The zero-order valence-corrected chi connectivity index (χ0v) is 51.8. The van der Waals surface area contributed by atoms with Gasteiger partial charge in [-0.15, -0.1) is 0 Å². The highest BCUT2D eigenvalue weighted by atomic mass is 16.5. The van der Waals surface area contributed by atoms with Crippen LogP contribution in [0.1, 0.15) is 173 Å². The Bertz CT molecular complexity index is 2530. The maximum Gasteiger partial charge on any atom is 0.273 e. The van der Waals surface area contributed by atoms with E-state index >= 15 is 0 Å². The van der Waals surface area contributed by atoms with Crippen LogP contribution in [0.2, 0.25) is 0 Å². The predicted molar refractivity (Wildman–Crippen MR) is 330 cm³/mol. The number of hydrogen-bond acceptors (Lipinski definition) is 18. The van der Waals surface area contributed by atoms with Gasteiger partial charge in [0.1, 0.15) is 34.5 Å². The van der Waals surface area contributed by atoms with Gasteiger partial charge < -0.3 is 71.8 Å². The molecule has 0 fully saturated rings. The van der Waals surface area contributed by atoms with Crippen molar-refractivity contribution in [3.63, 3.8) is 0 Å². The first-order valence-corrected chi connectivity index (χ1v) is 30.0. The first-order valence-electron chi connectivity index (χ1n) is 30.0. The number of nitrogens with one attached hydrogen (secondary N) is 6. The molecule has 3 aromatic carbocycles. The van der Waals surface area contributed by atoms with E-state index in [4.69, 9.17) is 51.4 Å². The Morgan fingerprint density at radius 2 is 0.588 bits per heavy atom. The molecule has 0 aliphatic rings. The van der Waals surface area contributed by atoms with E-state index in [1.807, 2.05) is 65.7 Å². The van der Waals surface area contributed by atoms with Gasteiger partial charge in [0.25, 0.3) is 35.4 Å². The van der Waals surface area contributed by atoms with Crippen molar-refractivity contribution in [2.24, 2.45) is 34.8 Å². The molecule has 0 atom stereocenters. The van der Waals surface area contributed by atoms with Gasteiger partial charge in [0.2, 0.25) is 0 Å². The number of amides is 6. The Morgan fingerprint density at radius 1 is 0.353 bits per heavy atom. The molecule has 0 unspecified atom stereocenters. The number of ether oxygens (including phenoxy) is 6. The van der Waals surface area contributed by atoms with Crippen LogP contribution in [-0.4, -0.2) is 165 Å². The average molecular weight is 1190 g/mol. The number of likely N-dealkylation sites (N-methyl/N-ethyl adjacent to an activating group) is 2. The van der Waals surface area contributed by atoms with E-state index in [-0.39, 0.29) is 119 Å². The molecule has 14 N–H and O–H groups in total. The maximum absolute atomic E-state index is 14.5. The van der Waals surface area contributed by atoms with E-state index in [1.165, 1.54) is 36.4 Å². The lowest BCUT2D eigenvalue weighted by Gasteiger charge is -2.20. The van der Waals surface area contributed by atoms with Crippen LogP contribution in [0.3, 0.4) is 0 Å². The Morgan fingerprint density at radius 3 is 0.835 bits per heavy atom. The number of unbranched alkanes of at least 4 members (excludes halogenated alkanes) is 7. The van der Waals surface area contributed by atoms with Crippen LogP contribution >= 0.6 is 0 Å². The molecule has 0 saturated heterocycles. The van der Waals surface area contributed by atoms with Crippen molar-refractivity contribution < 1.29 is 57.2 Å². The second kappa shape index (κ2) is 41.2. The van der Waals surface area contributed by atoms with Crippen LogP contribution in [0.5, 0.6) is 34.5 Å². The fourth-order valence-corrected chi connectivity index (χ4v) is 7.99. The summed E-state index contributed by atoms with van der Waals surface area (Å²) in [6.07, 6.45) is 9.13. The van der Waals surface area contributed by atoms with Crippen molar-refractivity contribution in [2.75, 3.05) is 120 Å². The van der Waals surface area contributed by atoms with E-state index in [1.54, 1.807) is 0 Å². The van der Waals surface area contributed by atoms with Gasteiger partial charge in [-0.2, -0.15) is 0 Å². The second-order valence-electron chi connectivity index (χ2n) is 22.0. The van der Waals surface area contributed by atoms with Gasteiger partial charge in [0, 0.05) is 44.4 Å². The Labute approximate surface area is 503 Å². The molecule has 24 heteroatoms. The lowest BCUT2D eigenvalue weighted by molar-refractivity contribution is 0.0836. The summed E-state index contributed by atoms with van der Waals surface area (Å²) in [6, 6.07) is 8.38. The quantitative estimate of drug-likeness (QED) is 0.0266. The van der Waals surface area contributed by atoms with E-state index in [9.17, 15) is 28.8 Å². The summed E-state index contributed by atoms with van der Waals surface area (Å²) in [7, 11) is 7.51. The van der Waals surface area contributed by atoms with Crippen LogP contribution in [-0.2, 0) is 0 Å². The molecule has 3 rings (SSSR count). The molecule has 0 spiro atoms. The van der Waals surface area contributed by atoms with Gasteiger partial charge in [-0.05, 0) is 168 Å². The summed E-state index contributed by atoms with van der Waals surface area (Å²) in [5.74, 6) is -3.34. The van der Waals surface area contributed by atoms with Crippen molar-refractivity contribution in [3.8, 4) is 34.5 Å². The largest absolute Gasteiger partial charge is 0.493 e. The Balaban J connectivity index is 2.13. The zero-order valence-electron chi connectivity index (χ0n) is 51.8. The number of nitrogens with two attached hydrogens (primary N) is 4. The van der Waals surface area contributed by atoms with Gasteiger partial charge in [-0.3, -0.25) is 50.5 Å². The molecule has 85 heavy (non-hydrogen) atoms. The monoisotopic (exact) mass is 1190 g/mol. The summed E-state index contributed by atoms with van der Waals surface area (Å²) in [5.41, 5.74) is 32.4. The molecule has 0 radical (unpaired) electrons. The number of hydrazine groups is 2. The minimum Gasteiger partial charge on any atom is -0.493 e. The molecule has 6 amide bonds. The summed E-state index contributed by atoms with van der Waals surface area (Å²) < 4.78 is 37.1. The molecule has 0 aliphatic heterocycles. The fourth-order valence-electron chi connectivity index (χ4n) is 7.99. The highest BCUT2D eigenvalue weighted by Gasteiger charge is 2.28. The molecular weight excluding hydrogens is 1090 g/mol. The molecule has 24 nitrogen and oxygen atoms in total. The van der Waals surface area contributed by atoms with E-state index in [0.717, 1.165) is 38.5 Å². The Kier molecular flexibility index (Phi) is 35.0. The molecule has 3 aromatic rings. The molecule has 0 aromatic heterocycles. The SMILES string of the molecule is CC(C)CCOc1cc(OCCC(C)C)c(C(=O)NNC(=O)c2cc(C(=O)NCCN(C)C)c(OCCCCCN)cc2OCCCCCN)cc1C(=O)NNC(=O)c1cc(C(=O)NCCN(C)C)c(OCCCCCN)cc1OCCCCN. The number of carbonyl (C=O) groups is 6. The van der Waals surface area contributed by atoms with Crippen molar-refractivity contribution in [2.45, 2.75) is 111 Å². The smallest absolute Gasteiger partial charge is 0.273 e. The van der Waals surface area contributed by atoms with Crippen molar-refractivity contribution in [1.82, 2.24) is 42.1 Å². The van der Waals surface area contributed by atoms with Crippen molar-refractivity contribution in [3.05, 3.63) is 69.8 Å². The summed E-state index contributed by atoms with van der Waals surface area (Å²) in [4.78, 5) is 89.2. The van der Waals surface area contributed by atoms with Gasteiger partial charge in [0.15, 0.2) is 0 Å². The summed E-state index contributed by atoms with van der Waals surface area (Å²) >= 11 is 0. The third-order valence-corrected chi connectivity index (χ3v) is 13.1. The highest BCUT2D eigenvalue weighted by molar-refractivity contribution is 6.08. The molecule has 0 saturated carbocycles. The lowest BCUT2D eigenvalue weighted by atomic mass is 10.1. The van der Waals surface area contributed by atoms with Crippen LogP contribution in [0.25, 0.3) is 0 Å². The number of rotatable bonds is 43. The minimum atomic E-state index is -0.893. The first-order chi connectivity index (χ1) is 40.8. The third kappa shape index (κ3) is 27.3. The van der Waals surface area contributed by atoms with Crippen molar-refractivity contribution >= 4 is 35.4 Å². The van der Waals surface area contributed by atoms with Gasteiger partial charge >= 0.3 is 0 Å². The van der Waals surface area contributed by atoms with Gasteiger partial charge in [-0.1, -0.05) is 27.7 Å². The van der Waals surface area contributed by atoms with Crippen LogP contribution < -0.4 is 83.7 Å². The number of carbonyl (C=O) groups excluding carboxylic acids is 6. The second-order valence-corrected chi connectivity index (χ2v) is 22.0.